The number of rotatable bonds is 1. The van der Waals surface area contributed by atoms with Crippen molar-refractivity contribution in [1.82, 2.24) is 0 Å². The fraction of sp³-hybridized carbons (Fsp3) is 0. The normalized spacial score (nSPS) is 10.2. The maximum absolute atomic E-state index is 9.66. The van der Waals surface area contributed by atoms with Gasteiger partial charge in [0.15, 0.2) is 0 Å². The van der Waals surface area contributed by atoms with Gasteiger partial charge in [0.1, 0.15) is 11.1 Å². The zero-order valence-corrected chi connectivity index (χ0v) is 4.51. The highest BCUT2D eigenvalue weighted by molar-refractivity contribution is 6.33. The van der Waals surface area contributed by atoms with E-state index < -0.39 is 5.97 Å². The van der Waals surface area contributed by atoms with Gasteiger partial charge in [-0.25, -0.2) is 4.79 Å². The van der Waals surface area contributed by atoms with E-state index in [1.807, 2.05) is 0 Å². The molecule has 0 fully saturated rings. The number of aliphatic carboxylic acids is 1. The van der Waals surface area contributed by atoms with Crippen molar-refractivity contribution >= 4 is 17.6 Å². The Labute approximate surface area is 50.8 Å². The van der Waals surface area contributed by atoms with E-state index in [4.69, 9.17) is 22.0 Å². The summed E-state index contributed by atoms with van der Waals surface area (Å²) in [6, 6.07) is 1.44. The number of halogens is 1. The minimum Gasteiger partial charge on any atom is -0.478 e. The van der Waals surface area contributed by atoms with Gasteiger partial charge < -0.3 is 5.11 Å². The van der Waals surface area contributed by atoms with Crippen LogP contribution in [-0.2, 0) is 4.79 Å². The molecule has 0 atom stereocenters. The fourth-order valence-corrected chi connectivity index (χ4v) is 0.234. The monoisotopic (exact) mass is 131 g/mol. The Balaban J connectivity index is 4.01. The van der Waals surface area contributed by atoms with E-state index in [0.717, 1.165) is 0 Å². The Bertz CT molecular complexity index is 167. The first-order chi connectivity index (χ1) is 3.66. The molecular formula is C4H2ClNO2. The molecule has 0 aliphatic carbocycles. The van der Waals surface area contributed by atoms with Crippen molar-refractivity contribution in [3.63, 3.8) is 0 Å². The summed E-state index contributed by atoms with van der Waals surface area (Å²) in [6.07, 6.45) is 0.627. The smallest absolute Gasteiger partial charge is 0.330 e. The van der Waals surface area contributed by atoms with Gasteiger partial charge in [-0.1, -0.05) is 11.6 Å². The average Bonchev–Trinajstić information content (AvgIpc) is 1.65. The number of hydrogen-bond donors (Lipinski definition) is 1. The molecule has 0 aliphatic rings. The van der Waals surface area contributed by atoms with Gasteiger partial charge in [-0.2, -0.15) is 5.26 Å². The maximum atomic E-state index is 9.66. The number of carboxylic acids is 1. The van der Waals surface area contributed by atoms with E-state index in [1.54, 1.807) is 0 Å². The summed E-state index contributed by atoms with van der Waals surface area (Å²) in [5.41, 5.74) is 0. The lowest BCUT2D eigenvalue weighted by atomic mass is 10.5. The second kappa shape index (κ2) is 3.05. The third-order valence-corrected chi connectivity index (χ3v) is 0.551. The highest BCUT2D eigenvalue weighted by atomic mass is 35.5. The molecule has 0 amide bonds. The van der Waals surface area contributed by atoms with Crippen LogP contribution in [0.2, 0.25) is 0 Å². The number of carbonyl (C=O) groups is 1. The second-order valence-corrected chi connectivity index (χ2v) is 1.35. The van der Waals surface area contributed by atoms with Gasteiger partial charge in [0.05, 0.1) is 6.08 Å². The van der Waals surface area contributed by atoms with Gasteiger partial charge in [0.25, 0.3) is 0 Å². The minimum atomic E-state index is -1.21. The summed E-state index contributed by atoms with van der Waals surface area (Å²) in [7, 11) is 0. The molecule has 0 rings (SSSR count). The lowest BCUT2D eigenvalue weighted by Gasteiger charge is -1.75. The molecule has 0 saturated carbocycles. The molecule has 0 aromatic carbocycles. The van der Waals surface area contributed by atoms with Crippen molar-refractivity contribution in [3.05, 3.63) is 11.1 Å². The van der Waals surface area contributed by atoms with Crippen molar-refractivity contribution < 1.29 is 9.90 Å². The topological polar surface area (TPSA) is 61.1 Å². The van der Waals surface area contributed by atoms with Gasteiger partial charge in [-0.05, 0) is 0 Å². The van der Waals surface area contributed by atoms with Gasteiger partial charge in [-0.3, -0.25) is 0 Å². The largest absolute Gasteiger partial charge is 0.478 e. The Morgan fingerprint density at radius 1 is 1.88 bits per heavy atom. The first-order valence-corrected chi connectivity index (χ1v) is 2.05. The van der Waals surface area contributed by atoms with E-state index >= 15 is 0 Å². The van der Waals surface area contributed by atoms with Gasteiger partial charge in [0.2, 0.25) is 0 Å². The SMILES string of the molecule is N#C/C(Cl)=C\C(=O)O. The van der Waals surface area contributed by atoms with Crippen molar-refractivity contribution in [1.29, 1.82) is 5.26 Å². The number of carboxylic acid groups (broad SMARTS) is 1. The molecule has 0 aromatic rings. The molecule has 4 heteroatoms. The Morgan fingerprint density at radius 2 is 2.38 bits per heavy atom. The van der Waals surface area contributed by atoms with Crippen molar-refractivity contribution in [2.24, 2.45) is 0 Å². The predicted octanol–water partition coefficient (Wildman–Crippen LogP) is 0.717. The van der Waals surface area contributed by atoms with Crippen LogP contribution in [0.25, 0.3) is 0 Å². The molecule has 42 valence electrons. The van der Waals surface area contributed by atoms with Crippen LogP contribution in [0.5, 0.6) is 0 Å². The Kier molecular flexibility index (Phi) is 2.67. The molecule has 8 heavy (non-hydrogen) atoms. The van der Waals surface area contributed by atoms with Crippen molar-refractivity contribution in [2.45, 2.75) is 0 Å². The molecule has 0 spiro atoms. The molecule has 0 heterocycles. The standard InChI is InChI=1S/C4H2ClNO2/c5-3(2-6)1-4(7)8/h1H,(H,7,8)/b3-1+. The summed E-state index contributed by atoms with van der Waals surface area (Å²) in [5, 5.41) is 15.5. The first kappa shape index (κ1) is 6.99. The molecule has 0 bridgehead atoms. The van der Waals surface area contributed by atoms with Crippen LogP contribution >= 0.6 is 11.6 Å². The summed E-state index contributed by atoms with van der Waals surface area (Å²) >= 11 is 4.98. The third-order valence-electron chi connectivity index (χ3n) is 0.357. The quantitative estimate of drug-likeness (QED) is 0.421. The number of hydrogen-bond acceptors (Lipinski definition) is 2. The summed E-state index contributed by atoms with van der Waals surface area (Å²) in [6.45, 7) is 0. The van der Waals surface area contributed by atoms with Crippen LogP contribution in [0.3, 0.4) is 0 Å². The fourth-order valence-electron chi connectivity index (χ4n) is 0.141. The van der Waals surface area contributed by atoms with Crippen LogP contribution in [-0.4, -0.2) is 11.1 Å². The minimum absolute atomic E-state index is 0.322. The van der Waals surface area contributed by atoms with Crippen molar-refractivity contribution in [2.75, 3.05) is 0 Å². The summed E-state index contributed by atoms with van der Waals surface area (Å²) < 4.78 is 0. The van der Waals surface area contributed by atoms with Gasteiger partial charge in [0, 0.05) is 0 Å². The average molecular weight is 132 g/mol. The Morgan fingerprint density at radius 3 is 2.50 bits per heavy atom. The van der Waals surface area contributed by atoms with Crippen molar-refractivity contribution in [3.8, 4) is 6.07 Å². The molecule has 0 unspecified atom stereocenters. The molecule has 0 aliphatic heterocycles. The zero-order chi connectivity index (χ0) is 6.57. The Hall–Kier alpha value is -1.01. The number of nitrogens with zero attached hydrogens (tertiary/aromatic N) is 1. The molecule has 3 nitrogen and oxygen atoms in total. The number of nitriles is 1. The third kappa shape index (κ3) is 3.19. The second-order valence-electron chi connectivity index (χ2n) is 0.942. The van der Waals surface area contributed by atoms with E-state index in [9.17, 15) is 4.79 Å². The molecular weight excluding hydrogens is 130 g/mol. The maximum Gasteiger partial charge on any atom is 0.330 e. The van der Waals surface area contributed by atoms with Gasteiger partial charge >= 0.3 is 5.97 Å². The van der Waals surface area contributed by atoms with Crippen LogP contribution < -0.4 is 0 Å². The number of allylic oxidation sites excluding steroid dienone is 1. The lowest BCUT2D eigenvalue weighted by Crippen LogP contribution is -1.86. The van der Waals surface area contributed by atoms with E-state index in [0.29, 0.717) is 6.08 Å². The molecule has 1 N–H and O–H groups in total. The summed E-state index contributed by atoms with van der Waals surface area (Å²) in [5.74, 6) is -1.21. The van der Waals surface area contributed by atoms with Crippen LogP contribution in [0.15, 0.2) is 11.1 Å². The van der Waals surface area contributed by atoms with E-state index in [-0.39, 0.29) is 5.03 Å². The highest BCUT2D eigenvalue weighted by Crippen LogP contribution is 1.95. The molecule has 0 aromatic heterocycles. The van der Waals surface area contributed by atoms with Crippen LogP contribution in [0.1, 0.15) is 0 Å². The van der Waals surface area contributed by atoms with Gasteiger partial charge in [-0.15, -0.1) is 0 Å². The summed E-state index contributed by atoms with van der Waals surface area (Å²) in [4.78, 5) is 9.66. The van der Waals surface area contributed by atoms with E-state index in [2.05, 4.69) is 0 Å². The van der Waals surface area contributed by atoms with Crippen LogP contribution in [0.4, 0.5) is 0 Å². The predicted molar refractivity (Wildman–Crippen MR) is 27.2 cm³/mol. The zero-order valence-electron chi connectivity index (χ0n) is 3.76. The molecule has 0 radical (unpaired) electrons. The lowest BCUT2D eigenvalue weighted by molar-refractivity contribution is -0.131. The molecule has 0 saturated heterocycles. The van der Waals surface area contributed by atoms with E-state index in [1.165, 1.54) is 6.07 Å². The first-order valence-electron chi connectivity index (χ1n) is 1.67. The highest BCUT2D eigenvalue weighted by Gasteiger charge is 1.91. The van der Waals surface area contributed by atoms with Crippen LogP contribution in [0, 0.1) is 11.3 Å².